The minimum Gasteiger partial charge on any atom is -0.399 e. The molecule has 0 rings (SSSR count). The Kier molecular flexibility index (Phi) is 3.38. The Morgan fingerprint density at radius 2 is 2.43 bits per heavy atom. The number of nitrogens with zero attached hydrogens (tertiary/aromatic N) is 1. The van der Waals surface area contributed by atoms with Gasteiger partial charge in [0.05, 0.1) is 5.71 Å². The molecule has 0 aromatic rings. The molecule has 7 heavy (non-hydrogen) atoms. The zero-order valence-corrected chi connectivity index (χ0v) is 4.77. The fraction of sp³-hybridized carbons (Fsp3) is 0.600. The van der Waals surface area contributed by atoms with Gasteiger partial charge in [-0.1, -0.05) is 5.16 Å². The lowest BCUT2D eigenvalue weighted by Gasteiger charge is -1.88. The summed E-state index contributed by atoms with van der Waals surface area (Å²) >= 11 is 0. The van der Waals surface area contributed by atoms with Crippen molar-refractivity contribution in [1.29, 1.82) is 0 Å². The van der Waals surface area contributed by atoms with Crippen LogP contribution in [0.1, 0.15) is 13.3 Å². The van der Waals surface area contributed by atoms with Crippen molar-refractivity contribution in [3.63, 3.8) is 0 Å². The SMILES string of the molecule is [CH2]CC(C)=NOC. The van der Waals surface area contributed by atoms with Crippen LogP contribution in [0, 0.1) is 6.92 Å². The maximum absolute atomic E-state index is 4.44. The normalized spacial score (nSPS) is 11.6. The molecule has 0 unspecified atom stereocenters. The quantitative estimate of drug-likeness (QED) is 0.378. The molecule has 1 radical (unpaired) electrons. The molecule has 2 heteroatoms. The first-order valence-electron chi connectivity index (χ1n) is 2.17. The van der Waals surface area contributed by atoms with E-state index in [0.29, 0.717) is 6.42 Å². The van der Waals surface area contributed by atoms with E-state index in [2.05, 4.69) is 16.9 Å². The third-order valence-corrected chi connectivity index (χ3v) is 0.609. The monoisotopic (exact) mass is 100 g/mol. The molecular formula is C5H10NO. The number of hydrogen-bond donors (Lipinski definition) is 0. The molecule has 0 aromatic heterocycles. The van der Waals surface area contributed by atoms with Gasteiger partial charge in [0, 0.05) is 0 Å². The smallest absolute Gasteiger partial charge is 0.106 e. The molecule has 0 bridgehead atoms. The highest BCUT2D eigenvalue weighted by molar-refractivity contribution is 5.81. The molecule has 0 aromatic carbocycles. The Morgan fingerprint density at radius 3 is 2.57 bits per heavy atom. The Hall–Kier alpha value is -0.530. The molecule has 0 aliphatic heterocycles. The second-order valence-electron chi connectivity index (χ2n) is 1.26. The summed E-state index contributed by atoms with van der Waals surface area (Å²) in [5.41, 5.74) is 0.919. The fourth-order valence-electron chi connectivity index (χ4n) is 0.201. The largest absolute Gasteiger partial charge is 0.399 e. The Balaban J connectivity index is 3.29. The zero-order valence-electron chi connectivity index (χ0n) is 4.77. The lowest BCUT2D eigenvalue weighted by Crippen LogP contribution is -1.86. The van der Waals surface area contributed by atoms with Crippen molar-refractivity contribution in [2.75, 3.05) is 7.11 Å². The van der Waals surface area contributed by atoms with Crippen LogP contribution in [0.25, 0.3) is 0 Å². The predicted molar refractivity (Wildman–Crippen MR) is 30.1 cm³/mol. The molecule has 41 valence electrons. The zero-order chi connectivity index (χ0) is 5.70. The van der Waals surface area contributed by atoms with Crippen LogP contribution >= 0.6 is 0 Å². The van der Waals surface area contributed by atoms with Gasteiger partial charge in [-0.3, -0.25) is 0 Å². The first-order chi connectivity index (χ1) is 3.31. The van der Waals surface area contributed by atoms with Crippen molar-refractivity contribution >= 4 is 5.71 Å². The molecular weight excluding hydrogens is 90.1 g/mol. The van der Waals surface area contributed by atoms with E-state index in [9.17, 15) is 0 Å². The molecule has 2 nitrogen and oxygen atoms in total. The lowest BCUT2D eigenvalue weighted by atomic mass is 10.3. The molecule has 0 fully saturated rings. The first-order valence-corrected chi connectivity index (χ1v) is 2.17. The molecule has 0 atom stereocenters. The summed E-state index contributed by atoms with van der Waals surface area (Å²) in [6.45, 7) is 5.46. The summed E-state index contributed by atoms with van der Waals surface area (Å²) in [6, 6.07) is 0. The van der Waals surface area contributed by atoms with Crippen LogP contribution in [-0.2, 0) is 4.84 Å². The van der Waals surface area contributed by atoms with Crippen LogP contribution in [0.4, 0.5) is 0 Å². The second-order valence-corrected chi connectivity index (χ2v) is 1.26. The lowest BCUT2D eigenvalue weighted by molar-refractivity contribution is 0.212. The van der Waals surface area contributed by atoms with Crippen molar-refractivity contribution < 1.29 is 4.84 Å². The highest BCUT2D eigenvalue weighted by Crippen LogP contribution is 1.81. The third-order valence-electron chi connectivity index (χ3n) is 0.609. The molecule has 0 saturated carbocycles. The van der Waals surface area contributed by atoms with E-state index in [-0.39, 0.29) is 0 Å². The summed E-state index contributed by atoms with van der Waals surface area (Å²) in [7, 11) is 1.53. The fourth-order valence-corrected chi connectivity index (χ4v) is 0.201. The van der Waals surface area contributed by atoms with Gasteiger partial charge in [-0.25, -0.2) is 0 Å². The predicted octanol–water partition coefficient (Wildman–Crippen LogP) is 1.23. The van der Waals surface area contributed by atoms with Gasteiger partial charge < -0.3 is 4.84 Å². The Labute approximate surface area is 44.2 Å². The topological polar surface area (TPSA) is 21.6 Å². The minimum absolute atomic E-state index is 0.716. The van der Waals surface area contributed by atoms with E-state index < -0.39 is 0 Å². The van der Waals surface area contributed by atoms with E-state index in [4.69, 9.17) is 0 Å². The minimum atomic E-state index is 0.716. The molecule has 0 heterocycles. The van der Waals surface area contributed by atoms with E-state index in [1.165, 1.54) is 7.11 Å². The average Bonchev–Trinajstić information content (AvgIpc) is 1.68. The van der Waals surface area contributed by atoms with E-state index >= 15 is 0 Å². The highest BCUT2D eigenvalue weighted by Gasteiger charge is 1.80. The molecule has 0 saturated heterocycles. The van der Waals surface area contributed by atoms with Crippen LogP contribution < -0.4 is 0 Å². The van der Waals surface area contributed by atoms with Gasteiger partial charge in [0.15, 0.2) is 0 Å². The van der Waals surface area contributed by atoms with Gasteiger partial charge >= 0.3 is 0 Å². The number of hydrogen-bond acceptors (Lipinski definition) is 2. The van der Waals surface area contributed by atoms with Crippen LogP contribution in [0.2, 0.25) is 0 Å². The third kappa shape index (κ3) is 3.30. The van der Waals surface area contributed by atoms with Gasteiger partial charge in [0.2, 0.25) is 0 Å². The molecule has 0 aliphatic carbocycles. The van der Waals surface area contributed by atoms with Crippen molar-refractivity contribution in [2.24, 2.45) is 5.16 Å². The number of oxime groups is 1. The molecule has 0 aliphatic rings. The Bertz CT molecular complexity index is 68.5. The van der Waals surface area contributed by atoms with E-state index in [1.807, 2.05) is 6.92 Å². The van der Waals surface area contributed by atoms with E-state index in [1.54, 1.807) is 0 Å². The molecule has 0 spiro atoms. The first kappa shape index (κ1) is 6.47. The summed E-state index contributed by atoms with van der Waals surface area (Å²) < 4.78 is 0. The second kappa shape index (κ2) is 3.65. The van der Waals surface area contributed by atoms with Gasteiger partial charge in [-0.15, -0.1) is 0 Å². The summed E-state index contributed by atoms with van der Waals surface area (Å²) in [5.74, 6) is 0. The van der Waals surface area contributed by atoms with E-state index in [0.717, 1.165) is 5.71 Å². The van der Waals surface area contributed by atoms with Gasteiger partial charge in [-0.2, -0.15) is 0 Å². The molecule has 0 amide bonds. The summed E-state index contributed by atoms with van der Waals surface area (Å²) in [5, 5.41) is 3.60. The van der Waals surface area contributed by atoms with Crippen molar-refractivity contribution in [3.05, 3.63) is 6.92 Å². The standard InChI is InChI=1S/C5H10NO/c1-4-5(2)6-7-3/h1,4H2,2-3H3. The summed E-state index contributed by atoms with van der Waals surface area (Å²) in [4.78, 5) is 4.44. The Morgan fingerprint density at radius 1 is 1.86 bits per heavy atom. The maximum atomic E-state index is 4.44. The van der Waals surface area contributed by atoms with Crippen LogP contribution in [0.15, 0.2) is 5.16 Å². The van der Waals surface area contributed by atoms with Crippen molar-refractivity contribution in [1.82, 2.24) is 0 Å². The van der Waals surface area contributed by atoms with Gasteiger partial charge in [-0.05, 0) is 20.3 Å². The van der Waals surface area contributed by atoms with Gasteiger partial charge in [0.25, 0.3) is 0 Å². The summed E-state index contributed by atoms with van der Waals surface area (Å²) in [6.07, 6.45) is 0.716. The van der Waals surface area contributed by atoms with Gasteiger partial charge in [0.1, 0.15) is 7.11 Å². The van der Waals surface area contributed by atoms with Crippen molar-refractivity contribution in [2.45, 2.75) is 13.3 Å². The van der Waals surface area contributed by atoms with Crippen molar-refractivity contribution in [3.8, 4) is 0 Å². The average molecular weight is 100 g/mol. The number of rotatable bonds is 2. The maximum Gasteiger partial charge on any atom is 0.106 e. The highest BCUT2D eigenvalue weighted by atomic mass is 16.6. The molecule has 0 N–H and O–H groups in total. The van der Waals surface area contributed by atoms with Crippen LogP contribution in [0.3, 0.4) is 0 Å². The van der Waals surface area contributed by atoms with Crippen LogP contribution in [0.5, 0.6) is 0 Å². The van der Waals surface area contributed by atoms with Crippen LogP contribution in [-0.4, -0.2) is 12.8 Å².